The zero-order valence-electron chi connectivity index (χ0n) is 84.6. The quantitative estimate of drug-likeness (QED) is 0.151. The van der Waals surface area contributed by atoms with Crippen molar-refractivity contribution in [3.8, 4) is 45.3 Å². The van der Waals surface area contributed by atoms with Gasteiger partial charge in [0.1, 0.15) is 23.0 Å². The van der Waals surface area contributed by atoms with Gasteiger partial charge in [-0.25, -0.2) is 4.79 Å². The third-order valence-corrected chi connectivity index (χ3v) is 30.4. The number of carbonyl (C=O) groups is 2. The summed E-state index contributed by atoms with van der Waals surface area (Å²) >= 11 is 0. The highest BCUT2D eigenvalue weighted by atomic mass is 16.7. The van der Waals surface area contributed by atoms with E-state index in [2.05, 4.69) is 423 Å². The van der Waals surface area contributed by atoms with Crippen LogP contribution in [0.4, 0.5) is 0 Å². The fourth-order valence-electron chi connectivity index (χ4n) is 23.1. The molecule has 3 spiro atoms. The van der Waals surface area contributed by atoms with Crippen molar-refractivity contribution in [3.63, 3.8) is 0 Å². The molecule has 0 atom stereocenters. The van der Waals surface area contributed by atoms with Gasteiger partial charge in [0.25, 0.3) is 0 Å². The van der Waals surface area contributed by atoms with Crippen molar-refractivity contribution < 1.29 is 42.7 Å². The minimum atomic E-state index is -0.880. The largest absolute Gasteiger partial charge is 0.457 e. The third-order valence-electron chi connectivity index (χ3n) is 30.4. The summed E-state index contributed by atoms with van der Waals surface area (Å²) < 4.78 is 42.8. The number of fused-ring (bicyclic) bond motifs is 22. The van der Waals surface area contributed by atoms with E-state index in [1.54, 1.807) is 0 Å². The molecule has 0 amide bonds. The lowest BCUT2D eigenvalue weighted by molar-refractivity contribution is -0.307. The van der Waals surface area contributed by atoms with E-state index in [1.165, 1.54) is 133 Å². The molecule has 5 aliphatic heterocycles. The van der Waals surface area contributed by atoms with Crippen LogP contribution in [0, 0.1) is 88.5 Å². The molecule has 0 aromatic heterocycles. The van der Waals surface area contributed by atoms with Gasteiger partial charge < -0.3 is 33.2 Å². The summed E-state index contributed by atoms with van der Waals surface area (Å²) in [4.78, 5) is 26.0. The van der Waals surface area contributed by atoms with Crippen LogP contribution in [-0.2, 0) is 45.5 Å². The fraction of sp³-hybridized carbons (Fsp3) is 0.168. The maximum atomic E-state index is 13.4. The molecule has 8 aliphatic rings. The SMILES string of the molecule is Cc1ccc(C2(c3ccc(C)cc3)OC(=O)c3ccccc32)cc1.Cc1ccc(C2(c3ccc(C)cc3)c3ccccc3-c3ccccc32)cc1.Cc1ccc(C2OCC3(CO2)COC(c2ccc(C)cc2)OC3)cc1.Cc1ccc2c(C)cccc2c1.Cc1ccc2c(c1)Oc1cc(C)ccc1C21c2ccccc2-c2ccccc21.Cc1ccc2c(c1)Oc1cc(C)ccc1C21c2ccccc2C(=O)c2ccccc21. The molecule has 9 nitrogen and oxygen atoms in total. The van der Waals surface area contributed by atoms with E-state index in [0.29, 0.717) is 32.0 Å². The highest BCUT2D eigenvalue weighted by molar-refractivity contribution is 6.14. The topological polar surface area (TPSA) is 98.8 Å². The van der Waals surface area contributed by atoms with Crippen molar-refractivity contribution >= 4 is 22.5 Å². The Morgan fingerprint density at radius 3 is 0.829 bits per heavy atom. The maximum absolute atomic E-state index is 13.4. The van der Waals surface area contributed by atoms with Crippen LogP contribution in [0.15, 0.2) is 425 Å². The van der Waals surface area contributed by atoms with Crippen molar-refractivity contribution in [3.05, 3.63) is 603 Å². The molecule has 19 aromatic carbocycles. The number of ketones is 1. The molecule has 19 aromatic rings. The van der Waals surface area contributed by atoms with Crippen LogP contribution in [0.1, 0.15) is 200 Å². The summed E-state index contributed by atoms with van der Waals surface area (Å²) in [7, 11) is 0. The summed E-state index contributed by atoms with van der Waals surface area (Å²) in [5.74, 6) is 3.45. The Hall–Kier alpha value is -16.0. The number of hydrogen-bond acceptors (Lipinski definition) is 9. The van der Waals surface area contributed by atoms with Crippen molar-refractivity contribution in [2.24, 2.45) is 5.41 Å². The van der Waals surface area contributed by atoms with E-state index in [9.17, 15) is 9.59 Å². The highest BCUT2D eigenvalue weighted by Gasteiger charge is 2.55. The average molecular weight is 1910 g/mol. The molecule has 718 valence electrons. The van der Waals surface area contributed by atoms with Gasteiger partial charge in [-0.2, -0.15) is 0 Å². The minimum absolute atomic E-state index is 0.0839. The number of esters is 1. The molecule has 0 saturated carbocycles. The smallest absolute Gasteiger partial charge is 0.340 e. The van der Waals surface area contributed by atoms with E-state index in [4.69, 9.17) is 33.2 Å². The first-order chi connectivity index (χ1) is 71.0. The first kappa shape index (κ1) is 94.9. The molecule has 0 unspecified atom stereocenters. The van der Waals surface area contributed by atoms with Gasteiger partial charge in [-0.05, 0) is 219 Å². The summed E-state index contributed by atoms with van der Waals surface area (Å²) in [6.45, 7) is 27.5. The zero-order valence-corrected chi connectivity index (χ0v) is 84.6. The molecule has 0 radical (unpaired) electrons. The molecular weight excluding hydrogens is 1790 g/mol. The van der Waals surface area contributed by atoms with E-state index in [-0.39, 0.29) is 40.6 Å². The molecule has 5 heterocycles. The number of carbonyl (C=O) groups excluding carboxylic acids is 2. The summed E-state index contributed by atoms with van der Waals surface area (Å²) in [5, 5.41) is 2.71. The zero-order chi connectivity index (χ0) is 100. The molecule has 2 fully saturated rings. The summed E-state index contributed by atoms with van der Waals surface area (Å²) in [6, 6.07) is 149. The molecule has 0 N–H and O–H groups in total. The van der Waals surface area contributed by atoms with Gasteiger partial charge in [-0.3, -0.25) is 4.79 Å². The lowest BCUT2D eigenvalue weighted by Gasteiger charge is -2.45. The summed E-state index contributed by atoms with van der Waals surface area (Å²) in [5.41, 5.74) is 39.7. The third kappa shape index (κ3) is 16.8. The normalized spacial score (nSPS) is 16.8. The fourth-order valence-corrected chi connectivity index (χ4v) is 23.1. The second-order valence-corrected chi connectivity index (χ2v) is 40.7. The Labute approximate surface area is 856 Å². The molecule has 146 heavy (non-hydrogen) atoms. The van der Waals surface area contributed by atoms with Crippen LogP contribution >= 0.6 is 0 Å². The van der Waals surface area contributed by atoms with Crippen molar-refractivity contribution in [2.45, 2.75) is 118 Å². The van der Waals surface area contributed by atoms with E-state index < -0.39 is 11.0 Å². The lowest BCUT2D eigenvalue weighted by Crippen LogP contribution is -2.49. The Morgan fingerprint density at radius 1 is 0.219 bits per heavy atom. The Kier molecular flexibility index (Phi) is 25.3. The Balaban J connectivity index is 0.000000101. The highest BCUT2D eigenvalue weighted by Crippen LogP contribution is 2.64. The number of rotatable bonds is 6. The van der Waals surface area contributed by atoms with E-state index >= 15 is 0 Å². The second kappa shape index (κ2) is 38.9. The first-order valence-electron chi connectivity index (χ1n) is 50.6. The summed E-state index contributed by atoms with van der Waals surface area (Å²) in [6.07, 6.45) is -0.609. The number of aryl methyl sites for hydroxylation is 12. The Morgan fingerprint density at radius 2 is 0.486 bits per heavy atom. The molecular formula is C137H116O9. The van der Waals surface area contributed by atoms with Crippen LogP contribution in [0.5, 0.6) is 23.0 Å². The monoisotopic (exact) mass is 1900 g/mol. The molecule has 9 heteroatoms. The van der Waals surface area contributed by atoms with Gasteiger partial charge in [0.2, 0.25) is 0 Å². The van der Waals surface area contributed by atoms with E-state index in [1.807, 2.05) is 84.9 Å². The van der Waals surface area contributed by atoms with Crippen LogP contribution in [-0.4, -0.2) is 38.2 Å². The standard InChI is InChI=1S/C28H20O2.C27H20O.C27H22.C22H18O2.C21H24O4.C12H12/c1-17-11-13-23-25(15-17)30-26-16-18(2)12-14-24(26)28(23)21-9-5-3-7-19(21)27(29)20-8-4-6-10-22(20)28;1-17-11-13-23-25(15-17)28-26-16-18(2)12-14-24(26)27(23)21-9-5-3-7-19(21)20-8-4-6-10-22(20)27;1-19-11-15-21(16-12-19)27(22-17-13-20(2)14-18-22)25-9-5-3-7-23(25)24-8-4-6-10-26(24)27;1-15-7-11-17(12-8-15)22(18-13-9-16(2)10-14-18)20-6-4-3-5-19(20)21(23)24-22;1-15-3-7-17(8-4-15)19-22-11-21(12-23-19)13-24-20(25-14-21)18-9-5-16(2)6-10-18;1-9-6-7-12-10(2)4-3-5-11(12)8-9/h3-16H,1-2H3;3-16H,1-2H3;3-18H,1-2H3;3-14H,1-2H3;3-10,19-20H,11-14H2,1-2H3;3-8H,1-2H3. The molecule has 3 aliphatic carbocycles. The van der Waals surface area contributed by atoms with Crippen LogP contribution in [0.2, 0.25) is 0 Å². The maximum Gasteiger partial charge on any atom is 0.340 e. The second-order valence-electron chi connectivity index (χ2n) is 40.7. The number of benzene rings is 19. The average Bonchev–Trinajstić information content (AvgIpc) is 1.47. The number of hydrogen-bond donors (Lipinski definition) is 0. The predicted molar refractivity (Wildman–Crippen MR) is 586 cm³/mol. The minimum Gasteiger partial charge on any atom is -0.457 e. The number of cyclic esters (lactones) is 1. The van der Waals surface area contributed by atoms with E-state index in [0.717, 1.165) is 95.3 Å². The van der Waals surface area contributed by atoms with Gasteiger partial charge in [-0.15, -0.1) is 0 Å². The number of ether oxygens (including phenoxy) is 7. The van der Waals surface area contributed by atoms with Crippen LogP contribution in [0.3, 0.4) is 0 Å². The van der Waals surface area contributed by atoms with Crippen molar-refractivity contribution in [2.75, 3.05) is 26.4 Å². The van der Waals surface area contributed by atoms with Gasteiger partial charge in [0.15, 0.2) is 24.0 Å². The van der Waals surface area contributed by atoms with Crippen molar-refractivity contribution in [1.29, 1.82) is 0 Å². The lowest BCUT2D eigenvalue weighted by atomic mass is 9.58. The van der Waals surface area contributed by atoms with Gasteiger partial charge in [-0.1, -0.05) is 433 Å². The van der Waals surface area contributed by atoms with Crippen LogP contribution < -0.4 is 9.47 Å². The molecule has 2 saturated heterocycles. The molecule has 0 bridgehead atoms. The van der Waals surface area contributed by atoms with Gasteiger partial charge in [0, 0.05) is 61.2 Å². The molecule has 27 rings (SSSR count). The Bertz CT molecular complexity index is 7790. The first-order valence-corrected chi connectivity index (χ1v) is 50.6. The predicted octanol–water partition coefficient (Wildman–Crippen LogP) is 32.1. The van der Waals surface area contributed by atoms with Crippen LogP contribution in [0.25, 0.3) is 33.0 Å². The van der Waals surface area contributed by atoms with Crippen molar-refractivity contribution in [1.82, 2.24) is 0 Å². The van der Waals surface area contributed by atoms with Gasteiger partial charge in [0.05, 0.1) is 53.7 Å². The van der Waals surface area contributed by atoms with Gasteiger partial charge >= 0.3 is 5.97 Å².